The summed E-state index contributed by atoms with van der Waals surface area (Å²) in [4.78, 5) is 4.31. The second kappa shape index (κ2) is 3.91. The first-order valence-electron chi connectivity index (χ1n) is 4.95. The van der Waals surface area contributed by atoms with E-state index in [0.29, 0.717) is 12.0 Å². The first-order valence-corrected chi connectivity index (χ1v) is 4.95. The zero-order valence-electron chi connectivity index (χ0n) is 8.99. The van der Waals surface area contributed by atoms with Gasteiger partial charge in [0.2, 0.25) is 0 Å². The standard InChI is InChI=1S/C12H19N/c1-10(2)12(4)7-5-9-13-11(3)6-8-12/h5-11H,1-4H3/b7-5-,8-6-,13-9?. The normalized spacial score (nSPS) is 38.4. The summed E-state index contributed by atoms with van der Waals surface area (Å²) in [6.07, 6.45) is 10.6. The zero-order chi connectivity index (χ0) is 9.90. The molecular weight excluding hydrogens is 158 g/mol. The lowest BCUT2D eigenvalue weighted by Gasteiger charge is -2.27. The summed E-state index contributed by atoms with van der Waals surface area (Å²) in [7, 11) is 0. The molecule has 1 heterocycles. The van der Waals surface area contributed by atoms with Crippen LogP contribution in [0.1, 0.15) is 27.7 Å². The maximum atomic E-state index is 4.31. The average molecular weight is 177 g/mol. The van der Waals surface area contributed by atoms with Crippen molar-refractivity contribution in [2.24, 2.45) is 16.3 Å². The fraction of sp³-hybridized carbons (Fsp3) is 0.583. The molecule has 0 aromatic rings. The van der Waals surface area contributed by atoms with E-state index in [1.54, 1.807) is 0 Å². The Kier molecular flexibility index (Phi) is 3.07. The van der Waals surface area contributed by atoms with E-state index in [2.05, 4.69) is 57.0 Å². The van der Waals surface area contributed by atoms with Gasteiger partial charge in [-0.1, -0.05) is 39.0 Å². The van der Waals surface area contributed by atoms with Crippen molar-refractivity contribution in [2.75, 3.05) is 0 Å². The Bertz CT molecular complexity index is 248. The fourth-order valence-corrected chi connectivity index (χ4v) is 1.27. The molecule has 0 amide bonds. The molecule has 1 aliphatic heterocycles. The van der Waals surface area contributed by atoms with E-state index >= 15 is 0 Å². The summed E-state index contributed by atoms with van der Waals surface area (Å²) in [6.45, 7) is 8.86. The molecule has 0 N–H and O–H groups in total. The van der Waals surface area contributed by atoms with Crippen LogP contribution < -0.4 is 0 Å². The monoisotopic (exact) mass is 177 g/mol. The highest BCUT2D eigenvalue weighted by Gasteiger charge is 2.22. The van der Waals surface area contributed by atoms with Crippen LogP contribution in [0.15, 0.2) is 29.3 Å². The SMILES string of the molecule is CC1/C=C\C(C)(C(C)C)/C=C\C=N1. The van der Waals surface area contributed by atoms with E-state index in [9.17, 15) is 0 Å². The van der Waals surface area contributed by atoms with Gasteiger partial charge in [0, 0.05) is 11.6 Å². The number of aliphatic imine (C=N–C) groups is 1. The van der Waals surface area contributed by atoms with Crippen molar-refractivity contribution in [3.63, 3.8) is 0 Å². The van der Waals surface area contributed by atoms with E-state index < -0.39 is 0 Å². The number of nitrogens with zero attached hydrogens (tertiary/aromatic N) is 1. The molecule has 0 saturated heterocycles. The summed E-state index contributed by atoms with van der Waals surface area (Å²) >= 11 is 0. The first-order chi connectivity index (χ1) is 6.04. The molecule has 0 aromatic carbocycles. The van der Waals surface area contributed by atoms with Gasteiger partial charge in [-0.25, -0.2) is 0 Å². The summed E-state index contributed by atoms with van der Waals surface area (Å²) in [5.41, 5.74) is 0.181. The van der Waals surface area contributed by atoms with Crippen LogP contribution in [0, 0.1) is 11.3 Å². The number of hydrogen-bond donors (Lipinski definition) is 0. The molecule has 1 heteroatoms. The summed E-state index contributed by atoms with van der Waals surface area (Å²) in [5, 5.41) is 0. The number of hydrogen-bond acceptors (Lipinski definition) is 1. The molecule has 13 heavy (non-hydrogen) atoms. The fourth-order valence-electron chi connectivity index (χ4n) is 1.27. The lowest BCUT2D eigenvalue weighted by Crippen LogP contribution is -2.19. The zero-order valence-corrected chi connectivity index (χ0v) is 8.99. The Hall–Kier alpha value is -0.850. The van der Waals surface area contributed by atoms with Crippen LogP contribution in [0.5, 0.6) is 0 Å². The van der Waals surface area contributed by atoms with Crippen molar-refractivity contribution < 1.29 is 0 Å². The van der Waals surface area contributed by atoms with Gasteiger partial charge in [0.05, 0.1) is 6.04 Å². The second-order valence-electron chi connectivity index (χ2n) is 4.28. The molecule has 2 unspecified atom stereocenters. The van der Waals surface area contributed by atoms with Gasteiger partial charge in [-0.2, -0.15) is 0 Å². The van der Waals surface area contributed by atoms with Crippen LogP contribution in [0.25, 0.3) is 0 Å². The third-order valence-corrected chi connectivity index (χ3v) is 2.84. The van der Waals surface area contributed by atoms with Crippen LogP contribution in [0.2, 0.25) is 0 Å². The van der Waals surface area contributed by atoms with Gasteiger partial charge in [0.25, 0.3) is 0 Å². The molecule has 1 aliphatic rings. The molecular formula is C12H19N. The largest absolute Gasteiger partial charge is 0.286 e. The highest BCUT2D eigenvalue weighted by atomic mass is 14.7. The van der Waals surface area contributed by atoms with Crippen molar-refractivity contribution in [3.8, 4) is 0 Å². The molecule has 0 spiro atoms. The second-order valence-corrected chi connectivity index (χ2v) is 4.28. The van der Waals surface area contributed by atoms with Gasteiger partial charge in [-0.05, 0) is 18.9 Å². The molecule has 0 bridgehead atoms. The lowest BCUT2D eigenvalue weighted by atomic mass is 9.78. The van der Waals surface area contributed by atoms with Crippen LogP contribution in [0.4, 0.5) is 0 Å². The first kappa shape index (κ1) is 10.2. The van der Waals surface area contributed by atoms with Crippen molar-refractivity contribution in [1.29, 1.82) is 0 Å². The van der Waals surface area contributed by atoms with Gasteiger partial charge in [-0.15, -0.1) is 0 Å². The number of allylic oxidation sites excluding steroid dienone is 3. The molecule has 1 nitrogen and oxygen atoms in total. The molecule has 0 fully saturated rings. The van der Waals surface area contributed by atoms with Crippen molar-refractivity contribution in [1.82, 2.24) is 0 Å². The minimum absolute atomic E-state index is 0.181. The third kappa shape index (κ3) is 2.55. The van der Waals surface area contributed by atoms with Gasteiger partial charge < -0.3 is 0 Å². The average Bonchev–Trinajstić information content (AvgIpc) is 2.06. The van der Waals surface area contributed by atoms with Crippen LogP contribution in [-0.2, 0) is 0 Å². The highest BCUT2D eigenvalue weighted by molar-refractivity contribution is 5.71. The summed E-state index contributed by atoms with van der Waals surface area (Å²) in [5.74, 6) is 0.624. The van der Waals surface area contributed by atoms with E-state index in [0.717, 1.165) is 0 Å². The quantitative estimate of drug-likeness (QED) is 0.545. The predicted molar refractivity (Wildman–Crippen MR) is 59.2 cm³/mol. The van der Waals surface area contributed by atoms with Crippen molar-refractivity contribution >= 4 is 6.21 Å². The maximum Gasteiger partial charge on any atom is 0.0651 e. The third-order valence-electron chi connectivity index (χ3n) is 2.84. The molecule has 0 saturated carbocycles. The Morgan fingerprint density at radius 3 is 2.62 bits per heavy atom. The predicted octanol–water partition coefficient (Wildman–Crippen LogP) is 3.23. The van der Waals surface area contributed by atoms with Crippen LogP contribution in [0.3, 0.4) is 0 Å². The van der Waals surface area contributed by atoms with Crippen molar-refractivity contribution in [2.45, 2.75) is 33.7 Å². The molecule has 0 aliphatic carbocycles. The highest BCUT2D eigenvalue weighted by Crippen LogP contribution is 2.30. The number of rotatable bonds is 1. The van der Waals surface area contributed by atoms with Gasteiger partial charge >= 0.3 is 0 Å². The maximum absolute atomic E-state index is 4.31. The van der Waals surface area contributed by atoms with E-state index in [1.807, 2.05) is 6.21 Å². The minimum Gasteiger partial charge on any atom is -0.286 e. The minimum atomic E-state index is 0.181. The van der Waals surface area contributed by atoms with Crippen LogP contribution >= 0.6 is 0 Å². The van der Waals surface area contributed by atoms with Crippen LogP contribution in [-0.4, -0.2) is 12.3 Å². The molecule has 72 valence electrons. The Morgan fingerprint density at radius 2 is 2.00 bits per heavy atom. The molecule has 2 atom stereocenters. The van der Waals surface area contributed by atoms with E-state index in [-0.39, 0.29) is 5.41 Å². The Labute approximate surface area is 81.3 Å². The molecule has 0 aromatic heterocycles. The topological polar surface area (TPSA) is 12.4 Å². The van der Waals surface area contributed by atoms with Crippen molar-refractivity contribution in [3.05, 3.63) is 24.3 Å². The Balaban J connectivity index is 2.94. The smallest absolute Gasteiger partial charge is 0.0651 e. The lowest BCUT2D eigenvalue weighted by molar-refractivity contribution is 0.382. The van der Waals surface area contributed by atoms with Gasteiger partial charge in [0.15, 0.2) is 0 Å². The van der Waals surface area contributed by atoms with E-state index in [4.69, 9.17) is 0 Å². The summed E-state index contributed by atoms with van der Waals surface area (Å²) < 4.78 is 0. The summed E-state index contributed by atoms with van der Waals surface area (Å²) in [6, 6.07) is 0.308. The molecule has 1 rings (SSSR count). The molecule has 0 radical (unpaired) electrons. The van der Waals surface area contributed by atoms with Gasteiger partial charge in [0.1, 0.15) is 0 Å². The van der Waals surface area contributed by atoms with E-state index in [1.165, 1.54) is 0 Å². The van der Waals surface area contributed by atoms with Gasteiger partial charge in [-0.3, -0.25) is 4.99 Å². The Morgan fingerprint density at radius 1 is 1.31 bits per heavy atom.